The topological polar surface area (TPSA) is 29.1 Å². The number of benzene rings is 2. The molecule has 0 spiro atoms. The Kier molecular flexibility index (Phi) is 5.15. The minimum atomic E-state index is 0.0877. The number of amides is 1. The van der Waals surface area contributed by atoms with Crippen molar-refractivity contribution in [1.29, 1.82) is 0 Å². The van der Waals surface area contributed by atoms with E-state index >= 15 is 0 Å². The average Bonchev–Trinajstić information content (AvgIpc) is 2.48. The minimum absolute atomic E-state index is 0.0877. The Morgan fingerprint density at radius 1 is 1.10 bits per heavy atom. The minimum Gasteiger partial charge on any atom is -0.355 e. The number of nitrogens with one attached hydrogen (secondary N) is 1. The highest BCUT2D eigenvalue weighted by atomic mass is 16.1. The van der Waals surface area contributed by atoms with Gasteiger partial charge in [-0.05, 0) is 36.5 Å². The van der Waals surface area contributed by atoms with Crippen molar-refractivity contribution >= 4 is 5.91 Å². The summed E-state index contributed by atoms with van der Waals surface area (Å²) in [6.07, 6.45) is 0.452. The van der Waals surface area contributed by atoms with Gasteiger partial charge in [0.05, 0.1) is 6.42 Å². The third-order valence-corrected chi connectivity index (χ3v) is 3.82. The van der Waals surface area contributed by atoms with Crippen molar-refractivity contribution in [2.24, 2.45) is 0 Å². The first kappa shape index (κ1) is 15.3. The third-order valence-electron chi connectivity index (χ3n) is 3.82. The second-order valence-corrected chi connectivity index (χ2v) is 5.72. The van der Waals surface area contributed by atoms with E-state index in [0.29, 0.717) is 18.9 Å². The van der Waals surface area contributed by atoms with E-state index < -0.39 is 0 Å². The summed E-state index contributed by atoms with van der Waals surface area (Å²) < 4.78 is 0. The molecule has 0 aliphatic rings. The van der Waals surface area contributed by atoms with Crippen LogP contribution in [0.5, 0.6) is 0 Å². The molecule has 0 heterocycles. The second-order valence-electron chi connectivity index (χ2n) is 5.72. The molecule has 0 aliphatic heterocycles. The van der Waals surface area contributed by atoms with E-state index in [9.17, 15) is 4.79 Å². The third kappa shape index (κ3) is 4.45. The quantitative estimate of drug-likeness (QED) is 0.888. The van der Waals surface area contributed by atoms with E-state index in [1.54, 1.807) is 0 Å². The van der Waals surface area contributed by atoms with Gasteiger partial charge in [-0.3, -0.25) is 4.79 Å². The smallest absolute Gasteiger partial charge is 0.224 e. The first-order valence-corrected chi connectivity index (χ1v) is 7.44. The molecular formula is C19H23NO. The summed E-state index contributed by atoms with van der Waals surface area (Å²) >= 11 is 0. The van der Waals surface area contributed by atoms with Crippen LogP contribution in [-0.4, -0.2) is 12.5 Å². The summed E-state index contributed by atoms with van der Waals surface area (Å²) in [5.74, 6) is 0.416. The molecule has 21 heavy (non-hydrogen) atoms. The zero-order chi connectivity index (χ0) is 15.2. The summed E-state index contributed by atoms with van der Waals surface area (Å²) in [6, 6.07) is 16.5. The van der Waals surface area contributed by atoms with Crippen LogP contribution in [0.2, 0.25) is 0 Å². The molecule has 2 rings (SSSR count). The standard InChI is InChI=1S/C19H23NO/c1-14-9-10-18(15(2)11-14)12-19(21)20-13-16(3)17-7-5-4-6-8-17/h4-11,16H,12-13H2,1-3H3,(H,20,21)/t16-/m1/s1. The van der Waals surface area contributed by atoms with Crippen LogP contribution in [0.15, 0.2) is 48.5 Å². The predicted molar refractivity (Wildman–Crippen MR) is 87.5 cm³/mol. The van der Waals surface area contributed by atoms with Gasteiger partial charge in [-0.25, -0.2) is 0 Å². The Labute approximate surface area is 127 Å². The molecule has 1 N–H and O–H groups in total. The lowest BCUT2D eigenvalue weighted by atomic mass is 10.0. The highest BCUT2D eigenvalue weighted by molar-refractivity contribution is 5.79. The largest absolute Gasteiger partial charge is 0.355 e. The van der Waals surface area contributed by atoms with Gasteiger partial charge in [-0.2, -0.15) is 0 Å². The fourth-order valence-corrected chi connectivity index (χ4v) is 2.45. The van der Waals surface area contributed by atoms with Crippen LogP contribution in [0, 0.1) is 13.8 Å². The lowest BCUT2D eigenvalue weighted by Gasteiger charge is -2.13. The van der Waals surface area contributed by atoms with Crippen molar-refractivity contribution in [3.63, 3.8) is 0 Å². The van der Waals surface area contributed by atoms with Gasteiger partial charge in [-0.15, -0.1) is 0 Å². The molecule has 2 heteroatoms. The van der Waals surface area contributed by atoms with Crippen LogP contribution in [0.1, 0.15) is 35.1 Å². The maximum absolute atomic E-state index is 12.1. The number of carbonyl (C=O) groups excluding carboxylic acids is 1. The fraction of sp³-hybridized carbons (Fsp3) is 0.316. The maximum atomic E-state index is 12.1. The molecule has 0 aliphatic carbocycles. The zero-order valence-electron chi connectivity index (χ0n) is 13.0. The van der Waals surface area contributed by atoms with Crippen molar-refractivity contribution in [2.45, 2.75) is 33.1 Å². The van der Waals surface area contributed by atoms with Crippen molar-refractivity contribution in [2.75, 3.05) is 6.54 Å². The van der Waals surface area contributed by atoms with Crippen molar-refractivity contribution in [3.05, 3.63) is 70.8 Å². The van der Waals surface area contributed by atoms with E-state index in [2.05, 4.69) is 50.4 Å². The Hall–Kier alpha value is -2.09. The first-order chi connectivity index (χ1) is 10.1. The van der Waals surface area contributed by atoms with Crippen LogP contribution in [0.25, 0.3) is 0 Å². The van der Waals surface area contributed by atoms with E-state index in [1.165, 1.54) is 16.7 Å². The van der Waals surface area contributed by atoms with E-state index in [4.69, 9.17) is 0 Å². The summed E-state index contributed by atoms with van der Waals surface area (Å²) in [7, 11) is 0. The Morgan fingerprint density at radius 2 is 1.81 bits per heavy atom. The molecule has 1 amide bonds. The Morgan fingerprint density at radius 3 is 2.48 bits per heavy atom. The SMILES string of the molecule is Cc1ccc(CC(=O)NC[C@@H](C)c2ccccc2)c(C)c1. The highest BCUT2D eigenvalue weighted by Gasteiger charge is 2.09. The molecule has 0 saturated carbocycles. The van der Waals surface area contributed by atoms with E-state index in [0.717, 1.165) is 5.56 Å². The molecule has 2 aromatic carbocycles. The molecule has 0 fully saturated rings. The van der Waals surface area contributed by atoms with Gasteiger partial charge in [-0.1, -0.05) is 61.0 Å². The molecule has 0 aromatic heterocycles. The molecule has 0 bridgehead atoms. The van der Waals surface area contributed by atoms with Gasteiger partial charge in [0.15, 0.2) is 0 Å². The maximum Gasteiger partial charge on any atom is 0.224 e. The monoisotopic (exact) mass is 281 g/mol. The number of hydrogen-bond donors (Lipinski definition) is 1. The number of hydrogen-bond acceptors (Lipinski definition) is 1. The van der Waals surface area contributed by atoms with Gasteiger partial charge < -0.3 is 5.32 Å². The van der Waals surface area contributed by atoms with E-state index in [-0.39, 0.29) is 5.91 Å². The number of aryl methyl sites for hydroxylation is 2. The van der Waals surface area contributed by atoms with Crippen LogP contribution < -0.4 is 5.32 Å². The molecule has 1 atom stereocenters. The van der Waals surface area contributed by atoms with Gasteiger partial charge in [0, 0.05) is 6.54 Å². The van der Waals surface area contributed by atoms with Crippen molar-refractivity contribution < 1.29 is 4.79 Å². The normalized spacial score (nSPS) is 12.0. The fourth-order valence-electron chi connectivity index (χ4n) is 2.45. The number of carbonyl (C=O) groups is 1. The predicted octanol–water partition coefficient (Wildman–Crippen LogP) is 3.77. The van der Waals surface area contributed by atoms with Gasteiger partial charge in [0.25, 0.3) is 0 Å². The van der Waals surface area contributed by atoms with Crippen LogP contribution in [0.4, 0.5) is 0 Å². The summed E-state index contributed by atoms with van der Waals surface area (Å²) in [6.45, 7) is 6.93. The van der Waals surface area contributed by atoms with Crippen LogP contribution >= 0.6 is 0 Å². The molecule has 110 valence electrons. The second kappa shape index (κ2) is 7.07. The molecule has 0 unspecified atom stereocenters. The lowest BCUT2D eigenvalue weighted by Crippen LogP contribution is -2.29. The highest BCUT2D eigenvalue weighted by Crippen LogP contribution is 2.14. The lowest BCUT2D eigenvalue weighted by molar-refractivity contribution is -0.120. The van der Waals surface area contributed by atoms with Crippen LogP contribution in [-0.2, 0) is 11.2 Å². The molecule has 2 aromatic rings. The summed E-state index contributed by atoms with van der Waals surface area (Å²) in [4.78, 5) is 12.1. The first-order valence-electron chi connectivity index (χ1n) is 7.44. The van der Waals surface area contributed by atoms with Crippen molar-refractivity contribution in [3.8, 4) is 0 Å². The average molecular weight is 281 g/mol. The Bertz CT molecular complexity index is 604. The summed E-state index contributed by atoms with van der Waals surface area (Å²) in [5, 5.41) is 3.03. The van der Waals surface area contributed by atoms with E-state index in [1.807, 2.05) is 24.3 Å². The molecular weight excluding hydrogens is 258 g/mol. The zero-order valence-corrected chi connectivity index (χ0v) is 13.0. The van der Waals surface area contributed by atoms with Gasteiger partial charge in [0.1, 0.15) is 0 Å². The summed E-state index contributed by atoms with van der Waals surface area (Å²) in [5.41, 5.74) is 4.77. The van der Waals surface area contributed by atoms with Crippen LogP contribution in [0.3, 0.4) is 0 Å². The number of rotatable bonds is 5. The molecule has 0 radical (unpaired) electrons. The Balaban J connectivity index is 1.87. The van der Waals surface area contributed by atoms with Gasteiger partial charge in [0.2, 0.25) is 5.91 Å². The molecule has 0 saturated heterocycles. The van der Waals surface area contributed by atoms with Gasteiger partial charge >= 0.3 is 0 Å². The molecule has 2 nitrogen and oxygen atoms in total. The van der Waals surface area contributed by atoms with Crippen molar-refractivity contribution in [1.82, 2.24) is 5.32 Å².